The summed E-state index contributed by atoms with van der Waals surface area (Å²) >= 11 is 0. The molecule has 21 heavy (non-hydrogen) atoms. The number of halogens is 3. The molecule has 116 valence electrons. The molecule has 0 aromatic carbocycles. The zero-order valence-electron chi connectivity index (χ0n) is 12.0. The highest BCUT2D eigenvalue weighted by Gasteiger charge is 2.37. The van der Waals surface area contributed by atoms with Crippen LogP contribution in [0.5, 0.6) is 0 Å². The maximum absolute atomic E-state index is 12.8. The van der Waals surface area contributed by atoms with Crippen LogP contribution >= 0.6 is 0 Å². The molecule has 2 rings (SSSR count). The third-order valence-corrected chi connectivity index (χ3v) is 3.15. The summed E-state index contributed by atoms with van der Waals surface area (Å²) in [5.41, 5.74) is 0.0755. The van der Waals surface area contributed by atoms with Gasteiger partial charge >= 0.3 is 6.18 Å². The predicted octanol–water partition coefficient (Wildman–Crippen LogP) is 3.52. The van der Waals surface area contributed by atoms with Gasteiger partial charge in [0.05, 0.1) is 0 Å². The number of fused-ring (bicyclic) bond motifs is 1. The summed E-state index contributed by atoms with van der Waals surface area (Å²) in [5, 5.41) is 13.7. The van der Waals surface area contributed by atoms with E-state index in [2.05, 4.69) is 27.5 Å². The second-order valence-electron chi connectivity index (χ2n) is 5.05. The number of aromatic nitrogens is 4. The molecule has 0 spiro atoms. The molecule has 5 nitrogen and oxygen atoms in total. The van der Waals surface area contributed by atoms with E-state index < -0.39 is 12.0 Å². The van der Waals surface area contributed by atoms with Gasteiger partial charge in [-0.25, -0.2) is 0 Å². The lowest BCUT2D eigenvalue weighted by Crippen LogP contribution is -2.18. The molecule has 0 amide bonds. The standard InChI is InChI=1S/C13H18F3N5/c1-3-4-5-6-9(2)17-10-7-8-11-18-19-12(13(14,15)16)21(11)20-10/h7-9H,3-6H2,1-2H3,(H,17,20). The summed E-state index contributed by atoms with van der Waals surface area (Å²) in [5.74, 6) is -0.725. The van der Waals surface area contributed by atoms with Gasteiger partial charge in [0, 0.05) is 6.04 Å². The Kier molecular flexibility index (Phi) is 4.64. The van der Waals surface area contributed by atoms with E-state index in [4.69, 9.17) is 0 Å². The fourth-order valence-electron chi connectivity index (χ4n) is 2.07. The Morgan fingerprint density at radius 3 is 2.67 bits per heavy atom. The molecular formula is C13H18F3N5. The van der Waals surface area contributed by atoms with Crippen LogP contribution in [0.1, 0.15) is 45.4 Å². The zero-order chi connectivity index (χ0) is 15.5. The number of anilines is 1. The Balaban J connectivity index is 2.14. The molecule has 2 aromatic heterocycles. The molecule has 0 aliphatic heterocycles. The number of rotatable bonds is 6. The average molecular weight is 301 g/mol. The lowest BCUT2D eigenvalue weighted by atomic mass is 10.1. The molecule has 0 aliphatic rings. The summed E-state index contributed by atoms with van der Waals surface area (Å²) in [6, 6.07) is 3.23. The van der Waals surface area contributed by atoms with Crippen molar-refractivity contribution in [3.8, 4) is 0 Å². The van der Waals surface area contributed by atoms with Gasteiger partial charge in [-0.1, -0.05) is 26.2 Å². The van der Waals surface area contributed by atoms with Gasteiger partial charge in [-0.2, -0.15) is 17.7 Å². The first-order chi connectivity index (χ1) is 9.91. The highest BCUT2D eigenvalue weighted by Crippen LogP contribution is 2.27. The molecule has 8 heteroatoms. The third kappa shape index (κ3) is 3.83. The van der Waals surface area contributed by atoms with E-state index in [1.165, 1.54) is 6.07 Å². The van der Waals surface area contributed by atoms with Crippen LogP contribution in [-0.4, -0.2) is 25.9 Å². The first kappa shape index (κ1) is 15.5. The van der Waals surface area contributed by atoms with Crippen LogP contribution in [0.4, 0.5) is 19.0 Å². The minimum Gasteiger partial charge on any atom is -0.366 e. The van der Waals surface area contributed by atoms with Crippen LogP contribution in [0.2, 0.25) is 0 Å². The topological polar surface area (TPSA) is 55.1 Å². The molecular weight excluding hydrogens is 283 g/mol. The van der Waals surface area contributed by atoms with Gasteiger partial charge in [-0.05, 0) is 25.5 Å². The van der Waals surface area contributed by atoms with Crippen molar-refractivity contribution in [1.29, 1.82) is 0 Å². The molecule has 0 bridgehead atoms. The Bertz CT molecular complexity index is 593. The van der Waals surface area contributed by atoms with Crippen molar-refractivity contribution in [1.82, 2.24) is 19.8 Å². The number of nitrogens with one attached hydrogen (secondary N) is 1. The fourth-order valence-corrected chi connectivity index (χ4v) is 2.07. The molecule has 1 N–H and O–H groups in total. The van der Waals surface area contributed by atoms with E-state index in [1.807, 2.05) is 6.92 Å². The highest BCUT2D eigenvalue weighted by molar-refractivity contribution is 5.44. The molecule has 1 unspecified atom stereocenters. The summed E-state index contributed by atoms with van der Waals surface area (Å²) in [7, 11) is 0. The highest BCUT2D eigenvalue weighted by atomic mass is 19.4. The number of nitrogens with zero attached hydrogens (tertiary/aromatic N) is 4. The Morgan fingerprint density at radius 1 is 1.24 bits per heavy atom. The largest absolute Gasteiger partial charge is 0.453 e. The smallest absolute Gasteiger partial charge is 0.366 e. The lowest BCUT2D eigenvalue weighted by molar-refractivity contribution is -0.146. The zero-order valence-corrected chi connectivity index (χ0v) is 12.0. The van der Waals surface area contributed by atoms with Crippen molar-refractivity contribution in [3.05, 3.63) is 18.0 Å². The second-order valence-corrected chi connectivity index (χ2v) is 5.05. The number of alkyl halides is 3. The van der Waals surface area contributed by atoms with E-state index in [1.54, 1.807) is 6.07 Å². The quantitative estimate of drug-likeness (QED) is 0.829. The normalized spacial score (nSPS) is 13.6. The second kappa shape index (κ2) is 6.28. The minimum atomic E-state index is -4.57. The molecule has 2 aromatic rings. The van der Waals surface area contributed by atoms with Gasteiger partial charge in [-0.15, -0.1) is 15.3 Å². The molecule has 1 atom stereocenters. The van der Waals surface area contributed by atoms with Gasteiger partial charge in [0.25, 0.3) is 5.82 Å². The fraction of sp³-hybridized carbons (Fsp3) is 0.615. The molecule has 0 radical (unpaired) electrons. The van der Waals surface area contributed by atoms with Crippen molar-refractivity contribution in [2.24, 2.45) is 0 Å². The van der Waals surface area contributed by atoms with Crippen LogP contribution in [-0.2, 0) is 6.18 Å². The van der Waals surface area contributed by atoms with Gasteiger partial charge in [-0.3, -0.25) is 0 Å². The molecule has 0 aliphatic carbocycles. The first-order valence-corrected chi connectivity index (χ1v) is 6.98. The number of unbranched alkanes of at least 4 members (excludes halogenated alkanes) is 2. The van der Waals surface area contributed by atoms with Crippen LogP contribution in [0.15, 0.2) is 12.1 Å². The monoisotopic (exact) mass is 301 g/mol. The van der Waals surface area contributed by atoms with Crippen molar-refractivity contribution in [3.63, 3.8) is 0 Å². The molecule has 0 saturated heterocycles. The van der Waals surface area contributed by atoms with E-state index in [0.717, 1.165) is 30.2 Å². The van der Waals surface area contributed by atoms with Gasteiger partial charge < -0.3 is 5.32 Å². The minimum absolute atomic E-state index is 0.0755. The Labute approximate surface area is 120 Å². The van der Waals surface area contributed by atoms with E-state index >= 15 is 0 Å². The third-order valence-electron chi connectivity index (χ3n) is 3.15. The van der Waals surface area contributed by atoms with Gasteiger partial charge in [0.15, 0.2) is 5.65 Å². The Morgan fingerprint density at radius 2 is 2.00 bits per heavy atom. The summed E-state index contributed by atoms with van der Waals surface area (Å²) in [6.45, 7) is 4.11. The van der Waals surface area contributed by atoms with Gasteiger partial charge in [0.1, 0.15) is 5.82 Å². The van der Waals surface area contributed by atoms with Crippen molar-refractivity contribution < 1.29 is 13.2 Å². The first-order valence-electron chi connectivity index (χ1n) is 6.98. The predicted molar refractivity (Wildman–Crippen MR) is 73.0 cm³/mol. The van der Waals surface area contributed by atoms with Crippen molar-refractivity contribution in [2.75, 3.05) is 5.32 Å². The summed E-state index contributed by atoms with van der Waals surface area (Å²) < 4.78 is 39.0. The van der Waals surface area contributed by atoms with Crippen LogP contribution in [0.3, 0.4) is 0 Å². The number of hydrogen-bond acceptors (Lipinski definition) is 4. The molecule has 0 saturated carbocycles. The van der Waals surface area contributed by atoms with Gasteiger partial charge in [0.2, 0.25) is 0 Å². The molecule has 0 fully saturated rings. The van der Waals surface area contributed by atoms with E-state index in [-0.39, 0.29) is 11.7 Å². The van der Waals surface area contributed by atoms with Crippen LogP contribution in [0, 0.1) is 0 Å². The van der Waals surface area contributed by atoms with E-state index in [0.29, 0.717) is 5.82 Å². The van der Waals surface area contributed by atoms with Crippen molar-refractivity contribution in [2.45, 2.75) is 51.7 Å². The average Bonchev–Trinajstić information content (AvgIpc) is 2.82. The number of hydrogen-bond donors (Lipinski definition) is 1. The lowest BCUT2D eigenvalue weighted by Gasteiger charge is -2.14. The summed E-state index contributed by atoms with van der Waals surface area (Å²) in [6.07, 6.45) is -0.276. The van der Waals surface area contributed by atoms with Crippen LogP contribution < -0.4 is 5.32 Å². The van der Waals surface area contributed by atoms with E-state index in [9.17, 15) is 13.2 Å². The maximum atomic E-state index is 12.8. The van der Waals surface area contributed by atoms with Crippen molar-refractivity contribution >= 4 is 11.5 Å². The maximum Gasteiger partial charge on any atom is 0.453 e. The molecule has 2 heterocycles. The Hall–Kier alpha value is -1.86. The summed E-state index contributed by atoms with van der Waals surface area (Å²) in [4.78, 5) is 0. The van der Waals surface area contributed by atoms with Crippen LogP contribution in [0.25, 0.3) is 5.65 Å². The SMILES string of the molecule is CCCCCC(C)Nc1ccc2nnc(C(F)(F)F)n2n1.